The van der Waals surface area contributed by atoms with Crippen molar-refractivity contribution < 1.29 is 9.59 Å². The minimum Gasteiger partial charge on any atom is -0.295 e. The molecule has 0 N–H and O–H groups in total. The van der Waals surface area contributed by atoms with E-state index < -0.39 is 5.92 Å². The Morgan fingerprint density at radius 1 is 1.50 bits per heavy atom. The fraction of sp³-hybridized carbons (Fsp3) is 0.200. The number of allylic oxidation sites excluding steroid dienone is 3. The number of Topliss-reactive ketones (excluding diaryl/α,β-unsaturated/α-hetero) is 1. The van der Waals surface area contributed by atoms with E-state index in [2.05, 4.69) is 9.98 Å². The first kappa shape index (κ1) is 8.74. The summed E-state index contributed by atoms with van der Waals surface area (Å²) < 4.78 is 0. The zero-order valence-corrected chi connectivity index (χ0v) is 7.60. The van der Waals surface area contributed by atoms with Gasteiger partial charge in [0.15, 0.2) is 5.78 Å². The third kappa shape index (κ3) is 1.35. The van der Waals surface area contributed by atoms with Crippen molar-refractivity contribution in [3.8, 4) is 0 Å². The summed E-state index contributed by atoms with van der Waals surface area (Å²) in [6.45, 7) is 1.48. The van der Waals surface area contributed by atoms with Gasteiger partial charge in [0.25, 0.3) is 5.91 Å². The lowest BCUT2D eigenvalue weighted by molar-refractivity contribution is -0.118. The minimum atomic E-state index is -0.400. The van der Waals surface area contributed by atoms with E-state index in [-0.39, 0.29) is 11.7 Å². The molecule has 1 heterocycles. The number of carbonyl (C=O) groups excluding carboxylic acids is 2. The number of fused-ring (bicyclic) bond motifs is 1. The molecule has 70 valence electrons. The van der Waals surface area contributed by atoms with E-state index in [4.69, 9.17) is 0 Å². The van der Waals surface area contributed by atoms with Crippen LogP contribution in [0.4, 0.5) is 0 Å². The molecule has 0 fully saturated rings. The van der Waals surface area contributed by atoms with Gasteiger partial charge in [-0.15, -0.1) is 0 Å². The van der Waals surface area contributed by atoms with Crippen molar-refractivity contribution in [2.45, 2.75) is 6.92 Å². The fourth-order valence-electron chi connectivity index (χ4n) is 1.37. The number of aliphatic imine (C=N–C) groups is 2. The Morgan fingerprint density at radius 3 is 3.00 bits per heavy atom. The van der Waals surface area contributed by atoms with Crippen LogP contribution in [-0.2, 0) is 9.59 Å². The molecule has 1 amide bonds. The van der Waals surface area contributed by atoms with E-state index in [9.17, 15) is 9.59 Å². The van der Waals surface area contributed by atoms with Crippen LogP contribution in [0.15, 0.2) is 33.8 Å². The average molecular weight is 188 g/mol. The van der Waals surface area contributed by atoms with Gasteiger partial charge < -0.3 is 0 Å². The molecule has 0 bridgehead atoms. The number of amides is 1. The second-order valence-electron chi connectivity index (χ2n) is 3.13. The molecule has 1 aliphatic heterocycles. The van der Waals surface area contributed by atoms with Crippen molar-refractivity contribution in [1.82, 2.24) is 0 Å². The van der Waals surface area contributed by atoms with Gasteiger partial charge in [-0.05, 0) is 13.0 Å². The first-order valence-electron chi connectivity index (χ1n) is 4.23. The maximum atomic E-state index is 11.3. The van der Waals surface area contributed by atoms with Gasteiger partial charge in [0.05, 0.1) is 5.71 Å². The molecule has 0 saturated carbocycles. The highest BCUT2D eigenvalue weighted by molar-refractivity contribution is 6.20. The Bertz CT molecular complexity index is 427. The van der Waals surface area contributed by atoms with E-state index in [0.717, 1.165) is 0 Å². The Labute approximate surface area is 80.7 Å². The lowest BCUT2D eigenvalue weighted by Gasteiger charge is -2.16. The van der Waals surface area contributed by atoms with Gasteiger partial charge in [-0.3, -0.25) is 9.59 Å². The Kier molecular flexibility index (Phi) is 1.96. The molecule has 0 aromatic heterocycles. The first-order chi connectivity index (χ1) is 6.68. The molecule has 0 saturated heterocycles. The number of ketones is 1. The quantitative estimate of drug-likeness (QED) is 0.608. The van der Waals surface area contributed by atoms with E-state index >= 15 is 0 Å². The van der Waals surface area contributed by atoms with Crippen LogP contribution in [0.5, 0.6) is 0 Å². The Balaban J connectivity index is 2.40. The highest BCUT2D eigenvalue weighted by Gasteiger charge is 2.25. The van der Waals surface area contributed by atoms with Crippen molar-refractivity contribution in [2.75, 3.05) is 0 Å². The van der Waals surface area contributed by atoms with Crippen LogP contribution < -0.4 is 0 Å². The largest absolute Gasteiger partial charge is 0.295 e. The molecule has 0 aromatic rings. The molecule has 0 aromatic carbocycles. The molecule has 1 aliphatic carbocycles. The van der Waals surface area contributed by atoms with Gasteiger partial charge in [0.1, 0.15) is 12.3 Å². The maximum Gasteiger partial charge on any atom is 0.260 e. The first-order valence-corrected chi connectivity index (χ1v) is 4.23. The molecule has 14 heavy (non-hydrogen) atoms. The molecule has 1 unspecified atom stereocenters. The van der Waals surface area contributed by atoms with Gasteiger partial charge >= 0.3 is 0 Å². The third-order valence-electron chi connectivity index (χ3n) is 2.15. The van der Waals surface area contributed by atoms with Gasteiger partial charge in [0, 0.05) is 5.57 Å². The third-order valence-corrected chi connectivity index (χ3v) is 2.15. The minimum absolute atomic E-state index is 0.0302. The number of carbonyl (C=O) groups is 2. The second kappa shape index (κ2) is 3.14. The van der Waals surface area contributed by atoms with Crippen molar-refractivity contribution in [3.05, 3.63) is 23.8 Å². The second-order valence-corrected chi connectivity index (χ2v) is 3.13. The molecule has 2 rings (SSSR count). The monoisotopic (exact) mass is 188 g/mol. The number of nitrogens with zero attached hydrogens (tertiary/aromatic N) is 2. The zero-order chi connectivity index (χ0) is 10.1. The predicted molar refractivity (Wildman–Crippen MR) is 52.3 cm³/mol. The molecule has 4 heteroatoms. The summed E-state index contributed by atoms with van der Waals surface area (Å²) in [5.74, 6) is -0.662. The van der Waals surface area contributed by atoms with E-state index in [1.807, 2.05) is 0 Å². The van der Waals surface area contributed by atoms with Crippen LogP contribution in [0.25, 0.3) is 0 Å². The summed E-state index contributed by atoms with van der Waals surface area (Å²) in [5, 5.41) is 0. The van der Waals surface area contributed by atoms with Crippen LogP contribution in [0.1, 0.15) is 6.92 Å². The lowest BCUT2D eigenvalue weighted by atomic mass is 9.92. The summed E-state index contributed by atoms with van der Waals surface area (Å²) in [4.78, 5) is 29.8. The summed E-state index contributed by atoms with van der Waals surface area (Å²) in [7, 11) is 0. The van der Waals surface area contributed by atoms with Crippen molar-refractivity contribution in [1.29, 1.82) is 0 Å². The molecule has 2 aliphatic rings. The van der Waals surface area contributed by atoms with Crippen LogP contribution in [0.2, 0.25) is 0 Å². The van der Waals surface area contributed by atoms with Crippen LogP contribution in [0.3, 0.4) is 0 Å². The summed E-state index contributed by atoms with van der Waals surface area (Å²) in [6, 6.07) is 0. The lowest BCUT2D eigenvalue weighted by Crippen LogP contribution is -2.25. The van der Waals surface area contributed by atoms with Crippen LogP contribution in [0, 0.1) is 5.92 Å². The standard InChI is InChI=1S/C10H8N2O2/c1-6(13)7-2-3-8-9(4-7)11-5-12-10(8)14/h2-5,8H,1H3. The molecule has 0 radical (unpaired) electrons. The van der Waals surface area contributed by atoms with Crippen molar-refractivity contribution in [2.24, 2.45) is 15.9 Å². The zero-order valence-electron chi connectivity index (χ0n) is 7.60. The fourth-order valence-corrected chi connectivity index (χ4v) is 1.37. The highest BCUT2D eigenvalue weighted by atomic mass is 16.1. The van der Waals surface area contributed by atoms with Crippen LogP contribution in [-0.4, -0.2) is 23.7 Å². The highest BCUT2D eigenvalue weighted by Crippen LogP contribution is 2.18. The van der Waals surface area contributed by atoms with Crippen molar-refractivity contribution in [3.63, 3.8) is 0 Å². The number of hydrogen-bond acceptors (Lipinski definition) is 3. The summed E-state index contributed by atoms with van der Waals surface area (Å²) >= 11 is 0. The molecule has 4 nitrogen and oxygen atoms in total. The summed E-state index contributed by atoms with van der Waals surface area (Å²) in [6.07, 6.45) is 6.16. The molecule has 1 atom stereocenters. The van der Waals surface area contributed by atoms with E-state index in [0.29, 0.717) is 11.3 Å². The van der Waals surface area contributed by atoms with Crippen molar-refractivity contribution >= 4 is 23.7 Å². The molecule has 0 spiro atoms. The SMILES string of the molecule is CC(=O)C1=CC2=NC=NC(=O)C2C=C1. The molecular weight excluding hydrogens is 180 g/mol. The van der Waals surface area contributed by atoms with E-state index in [1.165, 1.54) is 13.3 Å². The van der Waals surface area contributed by atoms with Gasteiger partial charge in [0.2, 0.25) is 0 Å². The topological polar surface area (TPSA) is 58.9 Å². The Morgan fingerprint density at radius 2 is 2.29 bits per heavy atom. The van der Waals surface area contributed by atoms with E-state index in [1.54, 1.807) is 18.2 Å². The molecular formula is C10H8N2O2. The normalized spacial score (nSPS) is 24.1. The number of hydrogen-bond donors (Lipinski definition) is 0. The smallest absolute Gasteiger partial charge is 0.260 e. The van der Waals surface area contributed by atoms with Gasteiger partial charge in [-0.1, -0.05) is 12.2 Å². The van der Waals surface area contributed by atoms with Gasteiger partial charge in [-0.2, -0.15) is 0 Å². The average Bonchev–Trinajstić information content (AvgIpc) is 2.17. The predicted octanol–water partition coefficient (Wildman–Crippen LogP) is 0.697. The number of rotatable bonds is 1. The van der Waals surface area contributed by atoms with Crippen LogP contribution >= 0.6 is 0 Å². The van der Waals surface area contributed by atoms with Gasteiger partial charge in [-0.25, -0.2) is 9.98 Å². The Hall–Kier alpha value is -1.84. The summed E-state index contributed by atoms with van der Waals surface area (Å²) in [5.41, 5.74) is 1.17. The maximum absolute atomic E-state index is 11.3.